The maximum Gasteiger partial charge on any atom is 0.410 e. The number of aromatic nitrogens is 3. The van der Waals surface area contributed by atoms with Crippen molar-refractivity contribution >= 4 is 17.3 Å². The van der Waals surface area contributed by atoms with Gasteiger partial charge >= 0.3 is 6.09 Å². The Morgan fingerprint density at radius 2 is 2.29 bits per heavy atom. The number of pyridine rings is 1. The van der Waals surface area contributed by atoms with Crippen LogP contribution in [-0.2, 0) is 4.74 Å². The molecule has 1 aliphatic heterocycles. The van der Waals surface area contributed by atoms with Gasteiger partial charge in [-0.3, -0.25) is 4.90 Å². The molecule has 1 atom stereocenters. The molecule has 0 unspecified atom stereocenters. The highest BCUT2D eigenvalue weighted by Gasteiger charge is 2.34. The van der Waals surface area contributed by atoms with Gasteiger partial charge in [0, 0.05) is 12.7 Å². The minimum Gasteiger partial charge on any atom is -0.444 e. The van der Waals surface area contributed by atoms with E-state index >= 15 is 0 Å². The third-order valence-electron chi connectivity index (χ3n) is 3.47. The number of rotatable bonds is 1. The lowest BCUT2D eigenvalue weighted by atomic mass is 10.2. The molecule has 1 aliphatic rings. The first-order valence-corrected chi connectivity index (χ1v) is 7.24. The number of amides is 1. The van der Waals surface area contributed by atoms with Crippen LogP contribution in [0.1, 0.15) is 45.5 Å². The summed E-state index contributed by atoms with van der Waals surface area (Å²) in [6.45, 7) is 6.33. The molecule has 21 heavy (non-hydrogen) atoms. The summed E-state index contributed by atoms with van der Waals surface area (Å²) in [7, 11) is 0. The first-order valence-electron chi connectivity index (χ1n) is 7.24. The van der Waals surface area contributed by atoms with Crippen molar-refractivity contribution in [3.63, 3.8) is 0 Å². The van der Waals surface area contributed by atoms with Crippen molar-refractivity contribution in [2.75, 3.05) is 6.54 Å². The Labute approximate surface area is 123 Å². The molecule has 0 radical (unpaired) electrons. The van der Waals surface area contributed by atoms with Gasteiger partial charge in [0.05, 0.1) is 11.6 Å². The van der Waals surface area contributed by atoms with Crippen molar-refractivity contribution < 1.29 is 9.53 Å². The van der Waals surface area contributed by atoms with Crippen LogP contribution in [0.15, 0.2) is 18.3 Å². The number of hydrogen-bond acceptors (Lipinski definition) is 4. The molecule has 0 bridgehead atoms. The van der Waals surface area contributed by atoms with Crippen LogP contribution >= 0.6 is 0 Å². The Morgan fingerprint density at radius 3 is 3.00 bits per heavy atom. The van der Waals surface area contributed by atoms with Gasteiger partial charge in [-0.2, -0.15) is 0 Å². The Hall–Kier alpha value is -2.11. The average molecular weight is 288 g/mol. The molecular formula is C15H20N4O2. The summed E-state index contributed by atoms with van der Waals surface area (Å²) in [5.41, 5.74) is 1.09. The molecule has 1 N–H and O–H groups in total. The summed E-state index contributed by atoms with van der Waals surface area (Å²) in [6, 6.07) is 3.74. The van der Waals surface area contributed by atoms with E-state index in [1.165, 1.54) is 0 Å². The van der Waals surface area contributed by atoms with Crippen LogP contribution in [0, 0.1) is 0 Å². The van der Waals surface area contributed by atoms with E-state index in [2.05, 4.69) is 15.0 Å². The number of likely N-dealkylation sites (tertiary alicyclic amines) is 1. The number of nitrogens with zero attached hydrogens (tertiary/aromatic N) is 3. The topological polar surface area (TPSA) is 71.1 Å². The van der Waals surface area contributed by atoms with Crippen molar-refractivity contribution in [1.29, 1.82) is 0 Å². The van der Waals surface area contributed by atoms with Crippen LogP contribution in [0.5, 0.6) is 0 Å². The quantitative estimate of drug-likeness (QED) is 0.875. The van der Waals surface area contributed by atoms with E-state index in [1.54, 1.807) is 11.1 Å². The average Bonchev–Trinajstić information content (AvgIpc) is 3.02. The van der Waals surface area contributed by atoms with E-state index in [-0.39, 0.29) is 12.1 Å². The van der Waals surface area contributed by atoms with E-state index in [1.807, 2.05) is 32.9 Å². The Bertz CT molecular complexity index is 626. The highest BCUT2D eigenvalue weighted by molar-refractivity contribution is 5.71. The number of ether oxygens (including phenoxy) is 1. The zero-order valence-corrected chi connectivity index (χ0v) is 12.6. The van der Waals surface area contributed by atoms with Gasteiger partial charge in [-0.1, -0.05) is 0 Å². The van der Waals surface area contributed by atoms with Crippen molar-refractivity contribution in [2.45, 2.75) is 45.3 Å². The van der Waals surface area contributed by atoms with Crippen LogP contribution in [-0.4, -0.2) is 38.1 Å². The molecule has 1 amide bonds. The van der Waals surface area contributed by atoms with E-state index in [9.17, 15) is 4.79 Å². The number of H-pyrrole nitrogens is 1. The second-order valence-electron chi connectivity index (χ2n) is 6.33. The molecule has 2 aromatic rings. The fraction of sp³-hybridized carbons (Fsp3) is 0.533. The number of fused-ring (bicyclic) bond motifs is 1. The molecule has 3 rings (SSSR count). The van der Waals surface area contributed by atoms with Gasteiger partial charge in [-0.15, -0.1) is 0 Å². The SMILES string of the molecule is CC(C)(C)OC(=O)N1CCC[C@@H]1c1nc2ncccc2[nH]1. The monoisotopic (exact) mass is 288 g/mol. The van der Waals surface area contributed by atoms with Crippen molar-refractivity contribution in [1.82, 2.24) is 19.9 Å². The number of hydrogen-bond donors (Lipinski definition) is 1. The highest BCUT2D eigenvalue weighted by Crippen LogP contribution is 2.32. The summed E-state index contributed by atoms with van der Waals surface area (Å²) in [5, 5.41) is 0. The lowest BCUT2D eigenvalue weighted by Crippen LogP contribution is -2.36. The van der Waals surface area contributed by atoms with Gasteiger partial charge in [0.2, 0.25) is 0 Å². The smallest absolute Gasteiger partial charge is 0.410 e. The van der Waals surface area contributed by atoms with Crippen LogP contribution in [0.4, 0.5) is 4.79 Å². The highest BCUT2D eigenvalue weighted by atomic mass is 16.6. The fourth-order valence-corrected chi connectivity index (χ4v) is 2.61. The van der Waals surface area contributed by atoms with Gasteiger partial charge in [0.1, 0.15) is 11.4 Å². The number of nitrogens with one attached hydrogen (secondary N) is 1. The Balaban J connectivity index is 1.85. The van der Waals surface area contributed by atoms with Crippen molar-refractivity contribution in [3.05, 3.63) is 24.2 Å². The minimum absolute atomic E-state index is 0.0611. The summed E-state index contributed by atoms with van der Waals surface area (Å²) < 4.78 is 5.48. The van der Waals surface area contributed by atoms with E-state index in [4.69, 9.17) is 4.74 Å². The summed E-state index contributed by atoms with van der Waals surface area (Å²) in [5.74, 6) is 0.784. The lowest BCUT2D eigenvalue weighted by Gasteiger charge is -2.27. The van der Waals surface area contributed by atoms with Gasteiger partial charge in [-0.25, -0.2) is 14.8 Å². The predicted octanol–water partition coefficient (Wildman–Crippen LogP) is 3.03. The molecular weight excluding hydrogens is 268 g/mol. The molecule has 1 saturated heterocycles. The minimum atomic E-state index is -0.486. The zero-order valence-electron chi connectivity index (χ0n) is 12.6. The summed E-state index contributed by atoms with van der Waals surface area (Å²) >= 11 is 0. The van der Waals surface area contributed by atoms with Crippen molar-refractivity contribution in [3.8, 4) is 0 Å². The number of carbonyl (C=O) groups excluding carboxylic acids is 1. The molecule has 112 valence electrons. The van der Waals surface area contributed by atoms with Crippen LogP contribution in [0.2, 0.25) is 0 Å². The van der Waals surface area contributed by atoms with Crippen LogP contribution < -0.4 is 0 Å². The van der Waals surface area contributed by atoms with Gasteiger partial charge in [-0.05, 0) is 45.7 Å². The fourth-order valence-electron chi connectivity index (χ4n) is 2.61. The first-order chi connectivity index (χ1) is 9.94. The van der Waals surface area contributed by atoms with E-state index < -0.39 is 5.60 Å². The third-order valence-corrected chi connectivity index (χ3v) is 3.47. The van der Waals surface area contributed by atoms with Gasteiger partial charge < -0.3 is 9.72 Å². The predicted molar refractivity (Wildman–Crippen MR) is 78.8 cm³/mol. The summed E-state index contributed by atoms with van der Waals surface area (Å²) in [4.78, 5) is 26.1. The molecule has 6 nitrogen and oxygen atoms in total. The van der Waals surface area contributed by atoms with Crippen LogP contribution in [0.3, 0.4) is 0 Å². The van der Waals surface area contributed by atoms with Gasteiger partial charge in [0.15, 0.2) is 5.65 Å². The van der Waals surface area contributed by atoms with E-state index in [0.29, 0.717) is 12.2 Å². The molecule has 1 fully saturated rings. The second kappa shape index (κ2) is 5.02. The molecule has 0 saturated carbocycles. The Kier molecular flexibility index (Phi) is 3.31. The van der Waals surface area contributed by atoms with Crippen molar-refractivity contribution in [2.24, 2.45) is 0 Å². The second-order valence-corrected chi connectivity index (χ2v) is 6.33. The summed E-state index contributed by atoms with van der Waals surface area (Å²) in [6.07, 6.45) is 3.28. The number of imidazole rings is 1. The standard InChI is InChI=1S/C15H20N4O2/c1-15(2,3)21-14(20)19-9-5-7-11(19)13-17-10-6-4-8-16-12(10)18-13/h4,6,8,11H,5,7,9H2,1-3H3,(H,16,17,18)/t11-/m1/s1. The van der Waals surface area contributed by atoms with Gasteiger partial charge in [0.25, 0.3) is 0 Å². The number of carbonyl (C=O) groups is 1. The van der Waals surface area contributed by atoms with E-state index in [0.717, 1.165) is 24.2 Å². The molecule has 3 heterocycles. The molecule has 6 heteroatoms. The molecule has 0 aromatic carbocycles. The normalized spacial score (nSPS) is 19.2. The molecule has 0 aliphatic carbocycles. The number of aromatic amines is 1. The Morgan fingerprint density at radius 1 is 1.48 bits per heavy atom. The third kappa shape index (κ3) is 2.84. The maximum absolute atomic E-state index is 12.3. The molecule has 2 aromatic heterocycles. The molecule has 0 spiro atoms. The maximum atomic E-state index is 12.3. The first kappa shape index (κ1) is 13.9. The zero-order chi connectivity index (χ0) is 15.0. The lowest BCUT2D eigenvalue weighted by molar-refractivity contribution is 0.0219. The largest absolute Gasteiger partial charge is 0.444 e. The van der Waals surface area contributed by atoms with Crippen LogP contribution in [0.25, 0.3) is 11.2 Å².